The van der Waals surface area contributed by atoms with Crippen LogP contribution in [-0.2, 0) is 4.18 Å². The molecule has 0 radical (unpaired) electrons. The van der Waals surface area contributed by atoms with Gasteiger partial charge in [0, 0.05) is 17.9 Å². The normalized spacial score (nSPS) is 10.2. The molecule has 0 saturated heterocycles. The summed E-state index contributed by atoms with van der Waals surface area (Å²) in [5, 5.41) is 0.563. The van der Waals surface area contributed by atoms with Crippen LogP contribution in [0.1, 0.15) is 10.4 Å². The molecule has 0 heterocycles. The highest BCUT2D eigenvalue weighted by Gasteiger charge is 2.18. The average Bonchev–Trinajstić information content (AvgIpc) is 2.38. The second-order valence-corrected chi connectivity index (χ2v) is 4.17. The zero-order chi connectivity index (χ0) is 13.1. The lowest BCUT2D eigenvalue weighted by Crippen LogP contribution is -2.04. The van der Waals surface area contributed by atoms with Gasteiger partial charge in [-0.1, -0.05) is 35.9 Å². The molecular weight excluding hydrogens is 275 g/mol. The summed E-state index contributed by atoms with van der Waals surface area (Å²) in [6, 6.07) is 11.1. The van der Waals surface area contributed by atoms with E-state index in [1.165, 1.54) is 12.1 Å². The summed E-state index contributed by atoms with van der Waals surface area (Å²) < 4.78 is 18.0. The Bertz CT molecular complexity index is 584. The number of carbonyl (C=O) groups is 1. The summed E-state index contributed by atoms with van der Waals surface area (Å²) in [6.07, 6.45) is 0. The summed E-state index contributed by atoms with van der Waals surface area (Å²) >= 11 is 9.19. The molecule has 0 aliphatic rings. The number of halogens is 2. The third kappa shape index (κ3) is 2.49. The van der Waals surface area contributed by atoms with Gasteiger partial charge < -0.3 is 4.18 Å². The van der Waals surface area contributed by atoms with Crippen LogP contribution in [0.4, 0.5) is 4.39 Å². The first-order chi connectivity index (χ1) is 8.63. The van der Waals surface area contributed by atoms with E-state index in [1.54, 1.807) is 30.3 Å². The third-order valence-corrected chi connectivity index (χ3v) is 2.87. The lowest BCUT2D eigenvalue weighted by molar-refractivity contribution is 0.0768. The third-order valence-electron chi connectivity index (χ3n) is 2.46. The van der Waals surface area contributed by atoms with Crippen LogP contribution in [0, 0.1) is 5.82 Å². The highest BCUT2D eigenvalue weighted by molar-refractivity contribution is 7.75. The van der Waals surface area contributed by atoms with Gasteiger partial charge in [-0.2, -0.15) is 0 Å². The fraction of sp³-hybridized carbons (Fsp3) is 0. The van der Waals surface area contributed by atoms with Crippen LogP contribution in [0.25, 0.3) is 11.1 Å². The van der Waals surface area contributed by atoms with Crippen LogP contribution >= 0.6 is 24.5 Å². The van der Waals surface area contributed by atoms with E-state index in [2.05, 4.69) is 17.1 Å². The van der Waals surface area contributed by atoms with Gasteiger partial charge in [-0.3, -0.25) is 0 Å². The molecule has 0 N–H and O–H groups in total. The predicted octanol–water partition coefficient (Wildman–Crippen LogP) is 4.15. The van der Waals surface area contributed by atoms with Crippen molar-refractivity contribution in [3.8, 4) is 11.1 Å². The van der Waals surface area contributed by atoms with Crippen molar-refractivity contribution in [2.24, 2.45) is 0 Å². The van der Waals surface area contributed by atoms with Crippen LogP contribution in [0.3, 0.4) is 0 Å². The maximum Gasteiger partial charge on any atom is 0.353 e. The van der Waals surface area contributed by atoms with Gasteiger partial charge in [-0.15, -0.1) is 0 Å². The van der Waals surface area contributed by atoms with Crippen LogP contribution < -0.4 is 0 Å². The number of carbonyl (C=O) groups excluding carboxylic acids is 1. The zero-order valence-corrected chi connectivity index (χ0v) is 10.7. The molecule has 2 aromatic carbocycles. The smallest absolute Gasteiger partial charge is 0.353 e. The van der Waals surface area contributed by atoms with Crippen molar-refractivity contribution < 1.29 is 13.4 Å². The average molecular weight is 283 g/mol. The standard InChI is InChI=1S/C13H8ClFO2S/c14-9-6-4-8(5-7-9)10-2-1-3-11(15)12(10)13(16)17-18/h1-7,18H. The molecule has 0 bridgehead atoms. The molecule has 2 rings (SSSR count). The fourth-order valence-electron chi connectivity index (χ4n) is 1.65. The summed E-state index contributed by atoms with van der Waals surface area (Å²) in [7, 11) is 0. The van der Waals surface area contributed by atoms with Crippen molar-refractivity contribution >= 4 is 30.5 Å². The van der Waals surface area contributed by atoms with Gasteiger partial charge in [0.05, 0.1) is 0 Å². The number of thiol groups is 1. The van der Waals surface area contributed by atoms with Gasteiger partial charge >= 0.3 is 5.97 Å². The van der Waals surface area contributed by atoms with Gasteiger partial charge in [0.25, 0.3) is 0 Å². The van der Waals surface area contributed by atoms with Crippen molar-refractivity contribution in [3.05, 3.63) is 58.9 Å². The highest BCUT2D eigenvalue weighted by Crippen LogP contribution is 2.27. The Morgan fingerprint density at radius 3 is 2.44 bits per heavy atom. The number of benzene rings is 2. The van der Waals surface area contributed by atoms with E-state index in [4.69, 9.17) is 11.6 Å². The first-order valence-electron chi connectivity index (χ1n) is 5.03. The molecule has 92 valence electrons. The number of rotatable bonds is 2. The van der Waals surface area contributed by atoms with Crippen molar-refractivity contribution in [1.82, 2.24) is 0 Å². The molecule has 0 aliphatic heterocycles. The Balaban J connectivity index is 2.60. The van der Waals surface area contributed by atoms with Crippen molar-refractivity contribution in [2.75, 3.05) is 0 Å². The maximum atomic E-state index is 13.7. The Morgan fingerprint density at radius 1 is 1.17 bits per heavy atom. The largest absolute Gasteiger partial charge is 0.391 e. The minimum Gasteiger partial charge on any atom is -0.391 e. The molecule has 2 nitrogen and oxygen atoms in total. The molecule has 0 atom stereocenters. The lowest BCUT2D eigenvalue weighted by Gasteiger charge is -2.08. The van der Waals surface area contributed by atoms with Crippen molar-refractivity contribution in [1.29, 1.82) is 0 Å². The summed E-state index contributed by atoms with van der Waals surface area (Å²) in [5.41, 5.74) is 0.966. The number of hydrogen-bond donors (Lipinski definition) is 1. The lowest BCUT2D eigenvalue weighted by atomic mass is 9.99. The topological polar surface area (TPSA) is 26.3 Å². The van der Waals surface area contributed by atoms with E-state index in [1.807, 2.05) is 0 Å². The van der Waals surface area contributed by atoms with E-state index in [0.717, 1.165) is 0 Å². The van der Waals surface area contributed by atoms with Gasteiger partial charge in [0.15, 0.2) is 0 Å². The Kier molecular flexibility index (Phi) is 3.89. The van der Waals surface area contributed by atoms with Crippen LogP contribution in [0.5, 0.6) is 0 Å². The monoisotopic (exact) mass is 282 g/mol. The zero-order valence-electron chi connectivity index (χ0n) is 9.06. The molecule has 0 aromatic heterocycles. The van der Waals surface area contributed by atoms with E-state index >= 15 is 0 Å². The molecule has 0 amide bonds. The Labute approximate surface area is 114 Å². The van der Waals surface area contributed by atoms with E-state index < -0.39 is 11.8 Å². The van der Waals surface area contributed by atoms with E-state index in [0.29, 0.717) is 16.1 Å². The molecule has 5 heteroatoms. The first kappa shape index (κ1) is 12.9. The minimum atomic E-state index is -0.832. The minimum absolute atomic E-state index is 0.144. The fourth-order valence-corrected chi connectivity index (χ4v) is 1.86. The van der Waals surface area contributed by atoms with Crippen LogP contribution in [0.15, 0.2) is 42.5 Å². The van der Waals surface area contributed by atoms with Gasteiger partial charge in [0.2, 0.25) is 0 Å². The van der Waals surface area contributed by atoms with Crippen molar-refractivity contribution in [3.63, 3.8) is 0 Å². The maximum absolute atomic E-state index is 13.7. The van der Waals surface area contributed by atoms with Gasteiger partial charge in [0.1, 0.15) is 11.4 Å². The molecule has 0 spiro atoms. The second kappa shape index (κ2) is 5.42. The summed E-state index contributed by atoms with van der Waals surface area (Å²) in [5.74, 6) is -1.48. The van der Waals surface area contributed by atoms with E-state index in [-0.39, 0.29) is 5.56 Å². The van der Waals surface area contributed by atoms with Crippen LogP contribution in [-0.4, -0.2) is 5.97 Å². The van der Waals surface area contributed by atoms with Crippen LogP contribution in [0.2, 0.25) is 5.02 Å². The predicted molar refractivity (Wildman–Crippen MR) is 71.2 cm³/mol. The molecular formula is C13H8ClFO2S. The first-order valence-corrected chi connectivity index (χ1v) is 5.78. The Hall–Kier alpha value is -1.52. The molecule has 18 heavy (non-hydrogen) atoms. The quantitative estimate of drug-likeness (QED) is 0.661. The number of hydrogen-bond acceptors (Lipinski definition) is 3. The Morgan fingerprint density at radius 2 is 1.83 bits per heavy atom. The van der Waals surface area contributed by atoms with E-state index in [9.17, 15) is 9.18 Å². The highest BCUT2D eigenvalue weighted by atomic mass is 35.5. The molecule has 0 unspecified atom stereocenters. The second-order valence-electron chi connectivity index (χ2n) is 3.55. The molecule has 0 aliphatic carbocycles. The van der Waals surface area contributed by atoms with Crippen molar-refractivity contribution in [2.45, 2.75) is 0 Å². The SMILES string of the molecule is O=C(OS)c1c(F)cccc1-c1ccc(Cl)cc1. The summed E-state index contributed by atoms with van der Waals surface area (Å²) in [4.78, 5) is 11.5. The summed E-state index contributed by atoms with van der Waals surface area (Å²) in [6.45, 7) is 0. The van der Waals surface area contributed by atoms with Gasteiger partial charge in [-0.25, -0.2) is 9.18 Å². The molecule has 0 saturated carbocycles. The molecule has 0 fully saturated rings. The van der Waals surface area contributed by atoms with Gasteiger partial charge in [-0.05, 0) is 29.3 Å². The molecule has 2 aromatic rings.